The number of benzene rings is 1. The summed E-state index contributed by atoms with van der Waals surface area (Å²) in [7, 11) is 0. The molecule has 0 spiro atoms. The third-order valence-electron chi connectivity index (χ3n) is 4.21. The number of aromatic hydroxyl groups is 1. The summed E-state index contributed by atoms with van der Waals surface area (Å²) in [5, 5.41) is 10.6. The number of rotatable bonds is 3. The average Bonchev–Trinajstić information content (AvgIpc) is 2.46. The van der Waals surface area contributed by atoms with Gasteiger partial charge in [-0.1, -0.05) is 33.8 Å². The third-order valence-corrected chi connectivity index (χ3v) is 4.21. The zero-order valence-electron chi connectivity index (χ0n) is 14.2. The van der Waals surface area contributed by atoms with E-state index in [2.05, 4.69) is 13.8 Å². The van der Waals surface area contributed by atoms with Crippen LogP contribution < -0.4 is 0 Å². The van der Waals surface area contributed by atoms with E-state index in [1.807, 2.05) is 32.9 Å². The van der Waals surface area contributed by atoms with Gasteiger partial charge in [0.25, 0.3) is 5.91 Å². The van der Waals surface area contributed by atoms with Crippen molar-refractivity contribution in [2.24, 2.45) is 0 Å². The largest absolute Gasteiger partial charge is 0.507 e. The summed E-state index contributed by atoms with van der Waals surface area (Å²) < 4.78 is 5.49. The second kappa shape index (κ2) is 6.69. The number of carbonyl (C=O) groups excluding carboxylic acids is 1. The van der Waals surface area contributed by atoms with Gasteiger partial charge in [0.15, 0.2) is 0 Å². The van der Waals surface area contributed by atoms with Gasteiger partial charge in [0, 0.05) is 13.1 Å². The lowest BCUT2D eigenvalue weighted by Crippen LogP contribution is -2.44. The Labute approximate surface area is 133 Å². The molecular weight excluding hydrogens is 278 g/mol. The van der Waals surface area contributed by atoms with Crippen LogP contribution in [0, 0.1) is 0 Å². The zero-order valence-corrected chi connectivity index (χ0v) is 14.2. The van der Waals surface area contributed by atoms with Gasteiger partial charge in [-0.05, 0) is 36.0 Å². The maximum Gasteiger partial charge on any atom is 0.257 e. The number of morpholine rings is 1. The molecule has 1 heterocycles. The zero-order chi connectivity index (χ0) is 16.4. The van der Waals surface area contributed by atoms with E-state index in [9.17, 15) is 9.90 Å². The highest BCUT2D eigenvalue weighted by Crippen LogP contribution is 2.34. The summed E-state index contributed by atoms with van der Waals surface area (Å²) in [5.41, 5.74) is 2.35. The molecule has 0 aliphatic carbocycles. The first kappa shape index (κ1) is 16.8. The topological polar surface area (TPSA) is 49.8 Å². The van der Waals surface area contributed by atoms with Gasteiger partial charge < -0.3 is 14.7 Å². The predicted octanol–water partition coefficient (Wildman–Crippen LogP) is 3.50. The standard InChI is InChI=1S/C18H27NO3/c1-11(2)14-8-15(12(3)4)17(20)16(9-14)18(21)19-6-7-22-13(5)10-19/h8-9,11-13,20H,6-7,10H2,1-5H3/t13-/m0/s1. The Morgan fingerprint density at radius 1 is 1.27 bits per heavy atom. The van der Waals surface area contributed by atoms with Crippen LogP contribution in [0.5, 0.6) is 5.75 Å². The van der Waals surface area contributed by atoms with Crippen LogP contribution in [0.15, 0.2) is 12.1 Å². The Morgan fingerprint density at radius 3 is 2.50 bits per heavy atom. The molecule has 1 aliphatic heterocycles. The molecule has 0 aromatic heterocycles. The van der Waals surface area contributed by atoms with Crippen molar-refractivity contribution in [1.82, 2.24) is 4.90 Å². The minimum Gasteiger partial charge on any atom is -0.507 e. The van der Waals surface area contributed by atoms with E-state index in [-0.39, 0.29) is 23.7 Å². The molecule has 1 aromatic rings. The van der Waals surface area contributed by atoms with Crippen molar-refractivity contribution in [2.45, 2.75) is 52.6 Å². The number of phenols is 1. The van der Waals surface area contributed by atoms with Gasteiger partial charge in [-0.25, -0.2) is 0 Å². The quantitative estimate of drug-likeness (QED) is 0.930. The van der Waals surface area contributed by atoms with Gasteiger partial charge in [-0.15, -0.1) is 0 Å². The SMILES string of the molecule is CC(C)c1cc(C(=O)N2CCO[C@@H](C)C2)c(O)c(C(C)C)c1. The van der Waals surface area contributed by atoms with E-state index in [4.69, 9.17) is 4.74 Å². The van der Waals surface area contributed by atoms with Gasteiger partial charge in [-0.2, -0.15) is 0 Å². The van der Waals surface area contributed by atoms with Crippen molar-refractivity contribution < 1.29 is 14.6 Å². The van der Waals surface area contributed by atoms with Crippen LogP contribution in [0.1, 0.15) is 67.9 Å². The minimum absolute atomic E-state index is 0.0395. The summed E-state index contributed by atoms with van der Waals surface area (Å²) in [5.74, 6) is 0.516. The van der Waals surface area contributed by atoms with E-state index < -0.39 is 0 Å². The molecular formula is C18H27NO3. The van der Waals surface area contributed by atoms with Gasteiger partial charge in [0.05, 0.1) is 18.3 Å². The molecule has 2 rings (SSSR count). The van der Waals surface area contributed by atoms with Crippen molar-refractivity contribution in [2.75, 3.05) is 19.7 Å². The lowest BCUT2D eigenvalue weighted by molar-refractivity contribution is -0.0125. The first-order valence-electron chi connectivity index (χ1n) is 8.09. The molecule has 1 atom stereocenters. The molecule has 0 saturated carbocycles. The fourth-order valence-electron chi connectivity index (χ4n) is 2.79. The first-order valence-corrected chi connectivity index (χ1v) is 8.09. The maximum atomic E-state index is 12.8. The van der Waals surface area contributed by atoms with Crippen LogP contribution in [0.25, 0.3) is 0 Å². The van der Waals surface area contributed by atoms with Crippen LogP contribution in [-0.2, 0) is 4.74 Å². The highest BCUT2D eigenvalue weighted by molar-refractivity contribution is 5.97. The van der Waals surface area contributed by atoms with Gasteiger partial charge >= 0.3 is 0 Å². The normalized spacial score (nSPS) is 19.0. The molecule has 4 nitrogen and oxygen atoms in total. The molecule has 1 aliphatic rings. The van der Waals surface area contributed by atoms with Crippen LogP contribution in [0.4, 0.5) is 0 Å². The second-order valence-electron chi connectivity index (χ2n) is 6.75. The predicted molar refractivity (Wildman–Crippen MR) is 87.6 cm³/mol. The molecule has 0 radical (unpaired) electrons. The fourth-order valence-corrected chi connectivity index (χ4v) is 2.79. The van der Waals surface area contributed by atoms with Crippen LogP contribution in [0.3, 0.4) is 0 Å². The first-order chi connectivity index (χ1) is 10.3. The Balaban J connectivity index is 2.42. The summed E-state index contributed by atoms with van der Waals surface area (Å²) >= 11 is 0. The lowest BCUT2D eigenvalue weighted by Gasteiger charge is -2.31. The number of nitrogens with zero attached hydrogens (tertiary/aromatic N) is 1. The smallest absolute Gasteiger partial charge is 0.257 e. The molecule has 1 aromatic carbocycles. The number of hydrogen-bond acceptors (Lipinski definition) is 3. The molecule has 0 unspecified atom stereocenters. The van der Waals surface area contributed by atoms with Crippen molar-refractivity contribution in [3.8, 4) is 5.75 Å². The molecule has 122 valence electrons. The number of phenolic OH excluding ortho intramolecular Hbond substituents is 1. The Morgan fingerprint density at radius 2 is 1.95 bits per heavy atom. The maximum absolute atomic E-state index is 12.8. The van der Waals surface area contributed by atoms with E-state index in [1.165, 1.54) is 0 Å². The Bertz CT molecular complexity index is 552. The third kappa shape index (κ3) is 3.43. The van der Waals surface area contributed by atoms with E-state index in [1.54, 1.807) is 4.90 Å². The highest BCUT2D eigenvalue weighted by atomic mass is 16.5. The van der Waals surface area contributed by atoms with E-state index >= 15 is 0 Å². The molecule has 1 fully saturated rings. The number of hydrogen-bond donors (Lipinski definition) is 1. The highest BCUT2D eigenvalue weighted by Gasteiger charge is 2.26. The number of carbonyl (C=O) groups is 1. The lowest BCUT2D eigenvalue weighted by atomic mass is 9.91. The summed E-state index contributed by atoms with van der Waals surface area (Å²) in [6, 6.07) is 3.86. The number of amides is 1. The molecule has 22 heavy (non-hydrogen) atoms. The van der Waals surface area contributed by atoms with Crippen molar-refractivity contribution in [3.05, 3.63) is 28.8 Å². The summed E-state index contributed by atoms with van der Waals surface area (Å²) in [6.07, 6.45) is 0.0395. The fraction of sp³-hybridized carbons (Fsp3) is 0.611. The number of ether oxygens (including phenoxy) is 1. The summed E-state index contributed by atoms with van der Waals surface area (Å²) in [4.78, 5) is 14.6. The van der Waals surface area contributed by atoms with Gasteiger partial charge in [-0.3, -0.25) is 4.79 Å². The molecule has 1 N–H and O–H groups in total. The van der Waals surface area contributed by atoms with Crippen LogP contribution >= 0.6 is 0 Å². The monoisotopic (exact) mass is 305 g/mol. The van der Waals surface area contributed by atoms with Gasteiger partial charge in [0.2, 0.25) is 0 Å². The van der Waals surface area contributed by atoms with E-state index in [0.717, 1.165) is 11.1 Å². The van der Waals surface area contributed by atoms with Crippen LogP contribution in [-0.4, -0.2) is 41.7 Å². The average molecular weight is 305 g/mol. The molecule has 1 amide bonds. The Hall–Kier alpha value is -1.55. The summed E-state index contributed by atoms with van der Waals surface area (Å²) in [6.45, 7) is 11.9. The molecule has 0 bridgehead atoms. The van der Waals surface area contributed by atoms with Crippen molar-refractivity contribution in [1.29, 1.82) is 0 Å². The molecule has 4 heteroatoms. The minimum atomic E-state index is -0.1000. The van der Waals surface area contributed by atoms with Gasteiger partial charge in [0.1, 0.15) is 5.75 Å². The second-order valence-corrected chi connectivity index (χ2v) is 6.75. The van der Waals surface area contributed by atoms with Crippen molar-refractivity contribution >= 4 is 5.91 Å². The van der Waals surface area contributed by atoms with Crippen molar-refractivity contribution in [3.63, 3.8) is 0 Å². The molecule has 1 saturated heterocycles. The van der Waals surface area contributed by atoms with E-state index in [0.29, 0.717) is 31.2 Å². The Kier molecular flexibility index (Phi) is 5.12. The van der Waals surface area contributed by atoms with Crippen LogP contribution in [0.2, 0.25) is 0 Å².